The number of aliphatic carboxylic acids is 1. The lowest BCUT2D eigenvalue weighted by atomic mass is 10.2. The average Bonchev–Trinajstić information content (AvgIpc) is 2.11. The minimum atomic E-state index is -5.95. The lowest BCUT2D eigenvalue weighted by molar-refractivity contribution is -0.336. The molecule has 0 aliphatic rings. The summed E-state index contributed by atoms with van der Waals surface area (Å²) in [6.45, 7) is -1.94. The molecule has 0 aliphatic heterocycles. The van der Waals surface area contributed by atoms with Gasteiger partial charge in [-0.15, -0.1) is 0 Å². The molecule has 0 atom stereocenters. The minimum absolute atomic E-state index is 1.68. The number of ether oxygens (including phenoxy) is 1. The molecule has 0 unspecified atom stereocenters. The third-order valence-electron chi connectivity index (χ3n) is 1.33. The van der Waals surface area contributed by atoms with Crippen molar-refractivity contribution < 1.29 is 49.8 Å². The lowest BCUT2D eigenvalue weighted by Gasteiger charge is -2.24. The third-order valence-corrected chi connectivity index (χ3v) is 1.33. The van der Waals surface area contributed by atoms with Crippen LogP contribution in [0.1, 0.15) is 0 Å². The van der Waals surface area contributed by atoms with Gasteiger partial charge in [-0.05, 0) is 0 Å². The fraction of sp³-hybridized carbons (Fsp3) is 0.571. The molecule has 0 radical (unpaired) electrons. The second-order valence-corrected chi connectivity index (χ2v) is 2.81. The summed E-state index contributed by atoms with van der Waals surface area (Å²) in [6.07, 6.45) is -13.0. The van der Waals surface area contributed by atoms with Gasteiger partial charge in [-0.2, -0.15) is 30.7 Å². The number of alkyl halides is 7. The minimum Gasteiger partial charge on any atom is -0.480 e. The topological polar surface area (TPSA) is 46.5 Å². The van der Waals surface area contributed by atoms with Crippen molar-refractivity contribution in [2.24, 2.45) is 0 Å². The van der Waals surface area contributed by atoms with Crippen molar-refractivity contribution in [1.82, 2.24) is 0 Å². The highest BCUT2D eigenvalue weighted by Gasteiger charge is 2.62. The molecular formula is C7H4F8O3. The quantitative estimate of drug-likeness (QED) is 0.791. The Morgan fingerprint density at radius 3 is 1.89 bits per heavy atom. The van der Waals surface area contributed by atoms with Gasteiger partial charge in [0, 0.05) is 0 Å². The molecule has 18 heavy (non-hydrogen) atoms. The number of hydrogen-bond acceptors (Lipinski definition) is 2. The largest absolute Gasteiger partial charge is 0.480 e. The molecule has 0 spiro atoms. The van der Waals surface area contributed by atoms with E-state index in [-0.39, 0.29) is 0 Å². The zero-order valence-corrected chi connectivity index (χ0v) is 8.07. The van der Waals surface area contributed by atoms with Crippen molar-refractivity contribution in [2.45, 2.75) is 18.2 Å². The Bertz CT molecular complexity index is 345. The standard InChI is InChI=1S/C7H4F8O3/c8-3(1-5(9,10)11)6(12,13)7(14,15)18-2-4(16)17/h1H,2H2,(H,16,17). The second kappa shape index (κ2) is 5.08. The SMILES string of the molecule is O=C(O)COC(F)(F)C(F)(F)C(F)=CC(F)(F)F. The molecule has 0 aromatic carbocycles. The Hall–Kier alpha value is -1.39. The molecule has 0 rings (SSSR count). The Balaban J connectivity index is 5.11. The number of hydrogen-bond donors (Lipinski definition) is 1. The Labute approximate surface area is 93.6 Å². The molecule has 0 aromatic rings. The van der Waals surface area contributed by atoms with E-state index in [4.69, 9.17) is 5.11 Å². The molecule has 3 nitrogen and oxygen atoms in total. The molecule has 11 heteroatoms. The highest BCUT2D eigenvalue weighted by Crippen LogP contribution is 2.42. The van der Waals surface area contributed by atoms with E-state index in [9.17, 15) is 39.9 Å². The van der Waals surface area contributed by atoms with Crippen LogP contribution >= 0.6 is 0 Å². The lowest BCUT2D eigenvalue weighted by Crippen LogP contribution is -2.44. The van der Waals surface area contributed by atoms with Gasteiger partial charge in [-0.25, -0.2) is 9.18 Å². The first kappa shape index (κ1) is 16.6. The van der Waals surface area contributed by atoms with E-state index in [0.717, 1.165) is 0 Å². The van der Waals surface area contributed by atoms with Gasteiger partial charge in [0.15, 0.2) is 12.4 Å². The first-order valence-electron chi connectivity index (χ1n) is 3.86. The smallest absolute Gasteiger partial charge is 0.426 e. The van der Waals surface area contributed by atoms with Gasteiger partial charge in [0.2, 0.25) is 0 Å². The zero-order chi connectivity index (χ0) is 14.8. The highest BCUT2D eigenvalue weighted by molar-refractivity contribution is 5.68. The van der Waals surface area contributed by atoms with Crippen LogP contribution < -0.4 is 0 Å². The third kappa shape index (κ3) is 4.47. The van der Waals surface area contributed by atoms with Crippen molar-refractivity contribution in [3.63, 3.8) is 0 Å². The number of allylic oxidation sites excluding steroid dienone is 1. The van der Waals surface area contributed by atoms with Crippen molar-refractivity contribution in [3.8, 4) is 0 Å². The van der Waals surface area contributed by atoms with Crippen molar-refractivity contribution in [3.05, 3.63) is 11.9 Å². The first-order valence-corrected chi connectivity index (χ1v) is 3.86. The van der Waals surface area contributed by atoms with Crippen LogP contribution in [0.25, 0.3) is 0 Å². The number of carbonyl (C=O) groups is 1. The summed E-state index contributed by atoms with van der Waals surface area (Å²) in [4.78, 5) is 9.78. The molecule has 0 saturated heterocycles. The molecule has 0 bridgehead atoms. The molecule has 0 saturated carbocycles. The maximum Gasteiger partial charge on any atom is 0.426 e. The van der Waals surface area contributed by atoms with Gasteiger partial charge in [0.25, 0.3) is 0 Å². The fourth-order valence-electron chi connectivity index (χ4n) is 0.616. The van der Waals surface area contributed by atoms with Crippen LogP contribution in [0, 0.1) is 0 Å². The monoisotopic (exact) mass is 288 g/mol. The summed E-state index contributed by atoms with van der Waals surface area (Å²) in [7, 11) is 0. The van der Waals surface area contributed by atoms with Crippen molar-refractivity contribution >= 4 is 5.97 Å². The van der Waals surface area contributed by atoms with E-state index in [2.05, 4.69) is 4.74 Å². The molecular weight excluding hydrogens is 284 g/mol. The van der Waals surface area contributed by atoms with Gasteiger partial charge >= 0.3 is 24.2 Å². The number of rotatable bonds is 5. The van der Waals surface area contributed by atoms with Gasteiger partial charge in [0.1, 0.15) is 0 Å². The molecule has 0 amide bonds. The second-order valence-electron chi connectivity index (χ2n) is 2.81. The number of carboxylic acid groups (broad SMARTS) is 1. The summed E-state index contributed by atoms with van der Waals surface area (Å²) < 4.78 is 99.9. The normalized spacial score (nSPS) is 14.8. The maximum absolute atomic E-state index is 12.6. The van der Waals surface area contributed by atoms with E-state index in [1.54, 1.807) is 0 Å². The van der Waals surface area contributed by atoms with E-state index in [1.165, 1.54) is 0 Å². The average molecular weight is 288 g/mol. The molecule has 0 heterocycles. The zero-order valence-electron chi connectivity index (χ0n) is 8.07. The maximum atomic E-state index is 12.6. The van der Waals surface area contributed by atoms with E-state index in [0.29, 0.717) is 0 Å². The van der Waals surface area contributed by atoms with Gasteiger partial charge < -0.3 is 9.84 Å². The van der Waals surface area contributed by atoms with Crippen LogP contribution in [0.15, 0.2) is 11.9 Å². The van der Waals surface area contributed by atoms with Crippen LogP contribution in [-0.4, -0.2) is 35.9 Å². The van der Waals surface area contributed by atoms with Crippen LogP contribution in [0.4, 0.5) is 35.1 Å². The predicted molar refractivity (Wildman–Crippen MR) is 38.7 cm³/mol. The van der Waals surface area contributed by atoms with Crippen molar-refractivity contribution in [1.29, 1.82) is 0 Å². The molecule has 0 fully saturated rings. The summed E-state index contributed by atoms with van der Waals surface area (Å²) in [6, 6.07) is 0. The molecule has 106 valence electrons. The fourth-order valence-corrected chi connectivity index (χ4v) is 0.616. The van der Waals surface area contributed by atoms with E-state index in [1.807, 2.05) is 0 Å². The van der Waals surface area contributed by atoms with Gasteiger partial charge in [-0.3, -0.25) is 0 Å². The molecule has 1 N–H and O–H groups in total. The summed E-state index contributed by atoms with van der Waals surface area (Å²) in [5.41, 5.74) is 0. The number of carboxylic acids is 1. The molecule has 0 aromatic heterocycles. The van der Waals surface area contributed by atoms with Crippen LogP contribution in [0.3, 0.4) is 0 Å². The van der Waals surface area contributed by atoms with Crippen molar-refractivity contribution in [2.75, 3.05) is 6.61 Å². The number of halogens is 8. The molecule has 0 aliphatic carbocycles. The van der Waals surface area contributed by atoms with E-state index < -0.39 is 42.7 Å². The Kier molecular flexibility index (Phi) is 4.69. The van der Waals surface area contributed by atoms with Gasteiger partial charge in [-0.1, -0.05) is 0 Å². The van der Waals surface area contributed by atoms with Gasteiger partial charge in [0.05, 0.1) is 6.08 Å². The summed E-state index contributed by atoms with van der Waals surface area (Å²) in [5.74, 6) is -11.5. The van der Waals surface area contributed by atoms with E-state index >= 15 is 0 Å². The Morgan fingerprint density at radius 2 is 1.56 bits per heavy atom. The summed E-state index contributed by atoms with van der Waals surface area (Å²) in [5, 5.41) is 7.88. The first-order chi connectivity index (χ1) is 7.79. The van der Waals surface area contributed by atoms with Crippen LogP contribution in [-0.2, 0) is 9.53 Å². The summed E-state index contributed by atoms with van der Waals surface area (Å²) >= 11 is 0. The predicted octanol–water partition coefficient (Wildman–Crippen LogP) is 2.73. The van der Waals surface area contributed by atoms with Crippen LogP contribution in [0.2, 0.25) is 0 Å². The Morgan fingerprint density at radius 1 is 1.11 bits per heavy atom. The van der Waals surface area contributed by atoms with Crippen LogP contribution in [0.5, 0.6) is 0 Å². The highest BCUT2D eigenvalue weighted by atomic mass is 19.4.